The quantitative estimate of drug-likeness (QED) is 0.624. The van der Waals surface area contributed by atoms with Gasteiger partial charge in [-0.05, 0) is 0 Å². The SMILES string of the molecule is CC(C)(C)c1cc(C(C)(C)C)c2c(c1)C(C)(C)C[Se]2. The van der Waals surface area contributed by atoms with Crippen molar-refractivity contribution in [2.45, 2.75) is 77.0 Å². The minimum absolute atomic E-state index is 0.237. The number of rotatable bonds is 0. The second-order valence-corrected chi connectivity index (χ2v) is 10.6. The summed E-state index contributed by atoms with van der Waals surface area (Å²) >= 11 is 0.651. The van der Waals surface area contributed by atoms with E-state index in [-0.39, 0.29) is 10.8 Å². The van der Waals surface area contributed by atoms with Gasteiger partial charge in [0, 0.05) is 0 Å². The molecule has 106 valence electrons. The molecule has 2 rings (SSSR count). The van der Waals surface area contributed by atoms with E-state index in [1.807, 2.05) is 0 Å². The van der Waals surface area contributed by atoms with Gasteiger partial charge in [-0.3, -0.25) is 0 Å². The molecule has 1 aromatic carbocycles. The Balaban J connectivity index is 2.73. The molecule has 0 saturated heterocycles. The molecular weight excluding hydrogens is 295 g/mol. The summed E-state index contributed by atoms with van der Waals surface area (Å²) in [6.07, 6.45) is 0. The summed E-state index contributed by atoms with van der Waals surface area (Å²) in [4.78, 5) is 0. The third-order valence-electron chi connectivity index (χ3n) is 4.07. The van der Waals surface area contributed by atoms with Gasteiger partial charge in [-0.15, -0.1) is 0 Å². The molecule has 0 saturated carbocycles. The summed E-state index contributed by atoms with van der Waals surface area (Å²) in [5, 5.41) is 1.35. The number of hydrogen-bond acceptors (Lipinski definition) is 0. The number of benzene rings is 1. The van der Waals surface area contributed by atoms with Crippen LogP contribution in [-0.2, 0) is 16.2 Å². The first-order chi connectivity index (χ1) is 8.43. The molecule has 0 aliphatic carbocycles. The molecule has 1 heteroatoms. The van der Waals surface area contributed by atoms with Crippen LogP contribution in [0.3, 0.4) is 0 Å². The van der Waals surface area contributed by atoms with Crippen LogP contribution in [0.1, 0.15) is 72.1 Å². The summed E-state index contributed by atoms with van der Waals surface area (Å²) in [5.41, 5.74) is 5.59. The van der Waals surface area contributed by atoms with Crippen LogP contribution in [0.4, 0.5) is 0 Å². The fourth-order valence-electron chi connectivity index (χ4n) is 2.61. The Hall–Kier alpha value is -0.261. The topological polar surface area (TPSA) is 0 Å². The van der Waals surface area contributed by atoms with Crippen molar-refractivity contribution in [2.75, 3.05) is 0 Å². The molecule has 0 atom stereocenters. The fraction of sp³-hybridized carbons (Fsp3) is 0.667. The Labute approximate surface area is 125 Å². The molecule has 1 aliphatic heterocycles. The van der Waals surface area contributed by atoms with Gasteiger partial charge in [0.15, 0.2) is 0 Å². The molecule has 0 radical (unpaired) electrons. The van der Waals surface area contributed by atoms with Gasteiger partial charge in [0.25, 0.3) is 0 Å². The molecule has 19 heavy (non-hydrogen) atoms. The standard InChI is InChI=1S/C18H28Se/c1-16(2,3)12-9-13(17(4,5)6)15-14(10-12)18(7,8)11-19-15/h9-10H,11H2,1-8H3. The normalized spacial score (nSPS) is 18.5. The molecule has 0 N–H and O–H groups in total. The number of fused-ring (bicyclic) bond motifs is 1. The van der Waals surface area contributed by atoms with Crippen LogP contribution in [0.5, 0.6) is 0 Å². The molecule has 1 heterocycles. The maximum absolute atomic E-state index is 2.50. The Bertz CT molecular complexity index is 496. The molecule has 0 bridgehead atoms. The van der Waals surface area contributed by atoms with Crippen molar-refractivity contribution in [1.29, 1.82) is 0 Å². The second kappa shape index (κ2) is 4.37. The molecule has 0 unspecified atom stereocenters. The maximum atomic E-state index is 2.50. The molecule has 1 aliphatic rings. The van der Waals surface area contributed by atoms with E-state index < -0.39 is 0 Å². The Morgan fingerprint density at radius 3 is 2.00 bits per heavy atom. The van der Waals surface area contributed by atoms with Gasteiger partial charge in [0.05, 0.1) is 0 Å². The van der Waals surface area contributed by atoms with Gasteiger partial charge in [-0.25, -0.2) is 0 Å². The Morgan fingerprint density at radius 1 is 0.947 bits per heavy atom. The van der Waals surface area contributed by atoms with Crippen molar-refractivity contribution in [3.63, 3.8) is 0 Å². The molecule has 0 amide bonds. The van der Waals surface area contributed by atoms with Crippen LogP contribution < -0.4 is 4.46 Å². The zero-order valence-electron chi connectivity index (χ0n) is 13.8. The van der Waals surface area contributed by atoms with Crippen LogP contribution >= 0.6 is 0 Å². The summed E-state index contributed by atoms with van der Waals surface area (Å²) in [6.45, 7) is 18.9. The van der Waals surface area contributed by atoms with E-state index in [9.17, 15) is 0 Å². The molecular formula is C18H28Se. The first-order valence-corrected chi connectivity index (χ1v) is 9.32. The summed E-state index contributed by atoms with van der Waals surface area (Å²) in [7, 11) is 0. The van der Waals surface area contributed by atoms with Crippen LogP contribution in [-0.4, -0.2) is 15.0 Å². The minimum atomic E-state index is 0.237. The summed E-state index contributed by atoms with van der Waals surface area (Å²) in [5.74, 6) is 0. The first-order valence-electron chi connectivity index (χ1n) is 7.25. The second-order valence-electron chi connectivity index (χ2n) is 8.57. The third kappa shape index (κ3) is 2.78. The zero-order valence-corrected chi connectivity index (χ0v) is 15.5. The van der Waals surface area contributed by atoms with Gasteiger partial charge in [-0.1, -0.05) is 0 Å². The molecule has 0 nitrogen and oxygen atoms in total. The van der Waals surface area contributed by atoms with Gasteiger partial charge < -0.3 is 0 Å². The van der Waals surface area contributed by atoms with Gasteiger partial charge in [0.2, 0.25) is 0 Å². The number of hydrogen-bond donors (Lipinski definition) is 0. The monoisotopic (exact) mass is 324 g/mol. The van der Waals surface area contributed by atoms with Crippen molar-refractivity contribution in [3.05, 3.63) is 28.8 Å². The van der Waals surface area contributed by atoms with E-state index in [1.165, 1.54) is 10.9 Å². The van der Waals surface area contributed by atoms with Crippen LogP contribution in [0.2, 0.25) is 5.32 Å². The Kier molecular flexibility index (Phi) is 3.48. The Morgan fingerprint density at radius 2 is 1.53 bits per heavy atom. The zero-order chi connectivity index (χ0) is 14.6. The fourth-order valence-corrected chi connectivity index (χ4v) is 6.12. The third-order valence-corrected chi connectivity index (χ3v) is 7.41. The average molecular weight is 323 g/mol. The van der Waals surface area contributed by atoms with Crippen molar-refractivity contribution < 1.29 is 0 Å². The van der Waals surface area contributed by atoms with Gasteiger partial charge in [0.1, 0.15) is 0 Å². The van der Waals surface area contributed by atoms with E-state index in [0.717, 1.165) is 0 Å². The summed E-state index contributed by atoms with van der Waals surface area (Å²) < 4.78 is 1.69. The van der Waals surface area contributed by atoms with Gasteiger partial charge >= 0.3 is 125 Å². The molecule has 1 aromatic rings. The predicted molar refractivity (Wildman–Crippen MR) is 87.1 cm³/mol. The van der Waals surface area contributed by atoms with E-state index in [1.54, 1.807) is 15.6 Å². The average Bonchev–Trinajstić information content (AvgIpc) is 2.51. The van der Waals surface area contributed by atoms with Crippen molar-refractivity contribution in [3.8, 4) is 0 Å². The van der Waals surface area contributed by atoms with E-state index in [2.05, 4.69) is 67.5 Å². The van der Waals surface area contributed by atoms with Crippen molar-refractivity contribution in [2.24, 2.45) is 0 Å². The van der Waals surface area contributed by atoms with Crippen LogP contribution in [0.15, 0.2) is 12.1 Å². The van der Waals surface area contributed by atoms with Crippen LogP contribution in [0, 0.1) is 0 Å². The predicted octanol–water partition coefficient (Wildman–Crippen LogP) is 4.32. The molecule has 0 spiro atoms. The van der Waals surface area contributed by atoms with E-state index >= 15 is 0 Å². The first kappa shape index (κ1) is 15.1. The van der Waals surface area contributed by atoms with E-state index in [4.69, 9.17) is 0 Å². The van der Waals surface area contributed by atoms with Crippen LogP contribution in [0.25, 0.3) is 0 Å². The van der Waals surface area contributed by atoms with Crippen molar-refractivity contribution in [1.82, 2.24) is 0 Å². The molecule has 0 fully saturated rings. The van der Waals surface area contributed by atoms with Crippen molar-refractivity contribution >= 4 is 19.4 Å². The van der Waals surface area contributed by atoms with Gasteiger partial charge in [-0.2, -0.15) is 0 Å². The molecule has 0 aromatic heterocycles. The van der Waals surface area contributed by atoms with E-state index in [0.29, 0.717) is 20.4 Å². The summed E-state index contributed by atoms with van der Waals surface area (Å²) in [6, 6.07) is 4.99.